The molecule has 11 heavy (non-hydrogen) atoms. The molecular formula is C10H21N. The van der Waals surface area contributed by atoms with Gasteiger partial charge in [-0.15, -0.1) is 0 Å². The Morgan fingerprint density at radius 3 is 2.09 bits per heavy atom. The molecule has 1 heteroatoms. The third-order valence-corrected chi connectivity index (χ3v) is 1.69. The Morgan fingerprint density at radius 2 is 1.73 bits per heavy atom. The zero-order chi connectivity index (χ0) is 8.69. The zero-order valence-electron chi connectivity index (χ0n) is 8.19. The maximum absolute atomic E-state index is 3.88. The van der Waals surface area contributed by atoms with E-state index in [1.54, 1.807) is 0 Å². The minimum Gasteiger partial charge on any atom is -0.299 e. The lowest BCUT2D eigenvalue weighted by Crippen LogP contribution is -2.20. The molecule has 0 N–H and O–H groups in total. The third kappa shape index (κ3) is 5.02. The van der Waals surface area contributed by atoms with Gasteiger partial charge in [-0.05, 0) is 32.9 Å². The molecule has 0 aliphatic carbocycles. The Kier molecular flexibility index (Phi) is 6.24. The average molecular weight is 155 g/mol. The molecule has 0 unspecified atom stereocenters. The summed E-state index contributed by atoms with van der Waals surface area (Å²) in [7, 11) is 0. The van der Waals surface area contributed by atoms with Gasteiger partial charge in [0.25, 0.3) is 0 Å². The molecule has 1 nitrogen and oxygen atoms in total. The van der Waals surface area contributed by atoms with E-state index in [1.165, 1.54) is 31.5 Å². The van der Waals surface area contributed by atoms with Crippen LogP contribution in [0.15, 0.2) is 12.2 Å². The first-order valence-electron chi connectivity index (χ1n) is 4.66. The number of hydrogen-bond donors (Lipinski definition) is 0. The first kappa shape index (κ1) is 10.7. The third-order valence-electron chi connectivity index (χ3n) is 1.69. The van der Waals surface area contributed by atoms with Crippen molar-refractivity contribution < 1.29 is 0 Å². The first-order chi connectivity index (χ1) is 5.29. The number of nitrogens with zero attached hydrogens (tertiary/aromatic N) is 1. The van der Waals surface area contributed by atoms with E-state index in [1.807, 2.05) is 13.8 Å². The van der Waals surface area contributed by atoms with Crippen molar-refractivity contribution in [1.82, 2.24) is 4.90 Å². The van der Waals surface area contributed by atoms with E-state index in [0.29, 0.717) is 0 Å². The van der Waals surface area contributed by atoms with Gasteiger partial charge in [-0.25, -0.2) is 0 Å². The second kappa shape index (κ2) is 6.41. The van der Waals surface area contributed by atoms with Crippen LogP contribution < -0.4 is 0 Å². The van der Waals surface area contributed by atoms with Crippen molar-refractivity contribution in [2.45, 2.75) is 33.6 Å². The lowest BCUT2D eigenvalue weighted by atomic mass is 10.3. The van der Waals surface area contributed by atoms with Gasteiger partial charge < -0.3 is 0 Å². The highest BCUT2D eigenvalue weighted by atomic mass is 15.1. The van der Waals surface area contributed by atoms with Crippen LogP contribution in [0, 0.1) is 0 Å². The summed E-state index contributed by atoms with van der Waals surface area (Å²) in [5.41, 5.74) is 1.29. The van der Waals surface area contributed by atoms with Crippen LogP contribution in [0.1, 0.15) is 33.6 Å². The van der Waals surface area contributed by atoms with Crippen LogP contribution in [0.2, 0.25) is 0 Å². The summed E-state index contributed by atoms with van der Waals surface area (Å²) in [6.45, 7) is 13.7. The zero-order valence-corrected chi connectivity index (χ0v) is 8.19. The van der Waals surface area contributed by atoms with E-state index in [2.05, 4.69) is 18.4 Å². The highest BCUT2D eigenvalue weighted by molar-refractivity contribution is 4.92. The Hall–Kier alpha value is -0.300. The lowest BCUT2D eigenvalue weighted by Gasteiger charge is -2.13. The molecule has 0 amide bonds. The van der Waals surface area contributed by atoms with Crippen LogP contribution in [0.3, 0.4) is 0 Å². The van der Waals surface area contributed by atoms with Crippen LogP contribution in [0.5, 0.6) is 0 Å². The smallest absolute Gasteiger partial charge is 0.0187 e. The molecule has 0 atom stereocenters. The fourth-order valence-corrected chi connectivity index (χ4v) is 1.32. The Morgan fingerprint density at radius 1 is 1.27 bits per heavy atom. The van der Waals surface area contributed by atoms with Crippen molar-refractivity contribution in [3.63, 3.8) is 0 Å². The van der Waals surface area contributed by atoms with Gasteiger partial charge in [-0.1, -0.05) is 26.0 Å². The average Bonchev–Trinajstić information content (AvgIpc) is 2.43. The van der Waals surface area contributed by atoms with Gasteiger partial charge in [0.1, 0.15) is 0 Å². The molecule has 0 spiro atoms. The topological polar surface area (TPSA) is 3.24 Å². The van der Waals surface area contributed by atoms with Gasteiger partial charge in [0.2, 0.25) is 0 Å². The molecule has 0 aromatic heterocycles. The molecule has 0 radical (unpaired) electrons. The Balaban J connectivity index is 0.000000461. The molecule has 0 saturated carbocycles. The molecule has 0 aromatic rings. The van der Waals surface area contributed by atoms with E-state index >= 15 is 0 Å². The molecule has 1 aliphatic rings. The van der Waals surface area contributed by atoms with Crippen LogP contribution >= 0.6 is 0 Å². The molecule has 0 bridgehead atoms. The molecule has 1 fully saturated rings. The molecule has 1 heterocycles. The van der Waals surface area contributed by atoms with Crippen molar-refractivity contribution >= 4 is 0 Å². The van der Waals surface area contributed by atoms with Crippen LogP contribution in [0.4, 0.5) is 0 Å². The van der Waals surface area contributed by atoms with Gasteiger partial charge in [0, 0.05) is 6.54 Å². The molecule has 1 aliphatic heterocycles. The molecule has 0 aromatic carbocycles. The summed E-state index contributed by atoms with van der Waals surface area (Å²) in [5, 5.41) is 0. The monoisotopic (exact) mass is 155 g/mol. The summed E-state index contributed by atoms with van der Waals surface area (Å²) in [6.07, 6.45) is 2.76. The van der Waals surface area contributed by atoms with E-state index in [-0.39, 0.29) is 0 Å². The van der Waals surface area contributed by atoms with Crippen molar-refractivity contribution in [3.8, 4) is 0 Å². The molecule has 1 saturated heterocycles. The summed E-state index contributed by atoms with van der Waals surface area (Å²) in [6, 6.07) is 0. The fraction of sp³-hybridized carbons (Fsp3) is 0.800. The second-order valence-corrected chi connectivity index (χ2v) is 2.94. The van der Waals surface area contributed by atoms with Crippen molar-refractivity contribution in [3.05, 3.63) is 12.2 Å². The first-order valence-corrected chi connectivity index (χ1v) is 4.66. The summed E-state index contributed by atoms with van der Waals surface area (Å²) in [4.78, 5) is 2.46. The minimum atomic E-state index is 1.11. The second-order valence-electron chi connectivity index (χ2n) is 2.94. The highest BCUT2D eigenvalue weighted by Crippen LogP contribution is 2.08. The maximum Gasteiger partial charge on any atom is 0.0187 e. The SMILES string of the molecule is C=C(C)CN1CCCC1.CC. The van der Waals surface area contributed by atoms with Crippen LogP contribution in [-0.2, 0) is 0 Å². The Bertz CT molecular complexity index is 101. The standard InChI is InChI=1S/C8H15N.C2H6/c1-8(2)7-9-5-3-4-6-9;1-2/h1,3-7H2,2H3;1-2H3. The van der Waals surface area contributed by atoms with Gasteiger partial charge in [-0.2, -0.15) is 0 Å². The summed E-state index contributed by atoms with van der Waals surface area (Å²) < 4.78 is 0. The van der Waals surface area contributed by atoms with E-state index in [0.717, 1.165) is 6.54 Å². The highest BCUT2D eigenvalue weighted by Gasteiger charge is 2.09. The van der Waals surface area contributed by atoms with Gasteiger partial charge in [0.15, 0.2) is 0 Å². The van der Waals surface area contributed by atoms with E-state index < -0.39 is 0 Å². The van der Waals surface area contributed by atoms with Gasteiger partial charge in [0.05, 0.1) is 0 Å². The molecule has 1 rings (SSSR count). The predicted octanol–water partition coefficient (Wildman–Crippen LogP) is 2.68. The van der Waals surface area contributed by atoms with E-state index in [4.69, 9.17) is 0 Å². The summed E-state index contributed by atoms with van der Waals surface area (Å²) >= 11 is 0. The molecular weight excluding hydrogens is 134 g/mol. The summed E-state index contributed by atoms with van der Waals surface area (Å²) in [5.74, 6) is 0. The lowest BCUT2D eigenvalue weighted by molar-refractivity contribution is 0.369. The van der Waals surface area contributed by atoms with Crippen LogP contribution in [0.25, 0.3) is 0 Å². The van der Waals surface area contributed by atoms with Crippen molar-refractivity contribution in [1.29, 1.82) is 0 Å². The van der Waals surface area contributed by atoms with Crippen LogP contribution in [-0.4, -0.2) is 24.5 Å². The quantitative estimate of drug-likeness (QED) is 0.554. The predicted molar refractivity (Wildman–Crippen MR) is 51.8 cm³/mol. The van der Waals surface area contributed by atoms with Crippen molar-refractivity contribution in [2.24, 2.45) is 0 Å². The van der Waals surface area contributed by atoms with Crippen molar-refractivity contribution in [2.75, 3.05) is 19.6 Å². The van der Waals surface area contributed by atoms with Gasteiger partial charge in [-0.3, -0.25) is 4.90 Å². The number of hydrogen-bond acceptors (Lipinski definition) is 1. The maximum atomic E-state index is 3.88. The number of likely N-dealkylation sites (tertiary alicyclic amines) is 1. The van der Waals surface area contributed by atoms with E-state index in [9.17, 15) is 0 Å². The minimum absolute atomic E-state index is 1.11. The van der Waals surface area contributed by atoms with Gasteiger partial charge >= 0.3 is 0 Å². The fourth-order valence-electron chi connectivity index (χ4n) is 1.32. The normalized spacial score (nSPS) is 17.4. The molecule has 66 valence electrons. The Labute approximate surface area is 71.1 Å². The largest absolute Gasteiger partial charge is 0.299 e. The number of rotatable bonds is 2.